The van der Waals surface area contributed by atoms with Crippen molar-refractivity contribution in [3.63, 3.8) is 0 Å². The summed E-state index contributed by atoms with van der Waals surface area (Å²) in [4.78, 5) is 19.1. The molecule has 0 saturated heterocycles. The lowest BCUT2D eigenvalue weighted by Gasteiger charge is -2.22. The van der Waals surface area contributed by atoms with Crippen molar-refractivity contribution in [3.05, 3.63) is 57.5 Å². The molecule has 3 rings (SSSR count). The Bertz CT molecular complexity index is 876. The van der Waals surface area contributed by atoms with E-state index in [9.17, 15) is 4.79 Å². The zero-order chi connectivity index (χ0) is 18.0. The fourth-order valence-electron chi connectivity index (χ4n) is 2.53. The summed E-state index contributed by atoms with van der Waals surface area (Å²) >= 11 is 5.17. The minimum atomic E-state index is -0.0417. The van der Waals surface area contributed by atoms with Crippen molar-refractivity contribution in [3.8, 4) is 0 Å². The monoisotopic (exact) mass is 417 g/mol. The molecule has 2 aromatic carbocycles. The van der Waals surface area contributed by atoms with E-state index in [-0.39, 0.29) is 11.9 Å². The van der Waals surface area contributed by atoms with Gasteiger partial charge in [-0.3, -0.25) is 9.69 Å². The number of likely N-dealkylation sites (N-methyl/N-ethyl adjacent to an activating group) is 1. The topological polar surface area (TPSA) is 45.2 Å². The van der Waals surface area contributed by atoms with Gasteiger partial charge in [0.05, 0.1) is 28.5 Å². The van der Waals surface area contributed by atoms with Gasteiger partial charge in [-0.1, -0.05) is 18.2 Å². The summed E-state index contributed by atoms with van der Waals surface area (Å²) in [6.07, 6.45) is 0. The summed E-state index contributed by atoms with van der Waals surface area (Å²) in [5, 5.41) is 3.98. The van der Waals surface area contributed by atoms with E-state index in [4.69, 9.17) is 0 Å². The van der Waals surface area contributed by atoms with Gasteiger partial charge in [0, 0.05) is 4.47 Å². The van der Waals surface area contributed by atoms with Crippen molar-refractivity contribution in [1.29, 1.82) is 0 Å². The Morgan fingerprint density at radius 1 is 1.32 bits per heavy atom. The van der Waals surface area contributed by atoms with Crippen LogP contribution in [0.1, 0.15) is 23.5 Å². The zero-order valence-corrected chi connectivity index (χ0v) is 16.8. The van der Waals surface area contributed by atoms with Crippen LogP contribution >= 0.6 is 27.3 Å². The molecular formula is C19H20BrN3OS. The van der Waals surface area contributed by atoms with E-state index in [2.05, 4.69) is 39.2 Å². The molecule has 130 valence electrons. The van der Waals surface area contributed by atoms with Crippen molar-refractivity contribution < 1.29 is 4.79 Å². The number of amides is 1. The maximum atomic E-state index is 12.4. The zero-order valence-electron chi connectivity index (χ0n) is 14.4. The van der Waals surface area contributed by atoms with Crippen molar-refractivity contribution in [2.24, 2.45) is 0 Å². The maximum Gasteiger partial charge on any atom is 0.238 e. The first-order valence-electron chi connectivity index (χ1n) is 8.06. The number of fused-ring (bicyclic) bond motifs is 1. The standard InChI is InChI=1S/C19H20BrN3OS/c1-12-8-9-15(14(20)10-12)21-18(24)11-23(3)13(2)19-22-16-6-4-5-7-17(16)25-19/h4-10,13H,11H2,1-3H3,(H,21,24)/t13-/m0/s1. The molecular weight excluding hydrogens is 398 g/mol. The SMILES string of the molecule is Cc1ccc(NC(=O)CN(C)[C@@H](C)c2nc3ccccc3s2)c(Br)c1. The molecule has 4 nitrogen and oxygen atoms in total. The molecule has 0 bridgehead atoms. The summed E-state index contributed by atoms with van der Waals surface area (Å²) in [7, 11) is 1.94. The fraction of sp³-hybridized carbons (Fsp3) is 0.263. The van der Waals surface area contributed by atoms with E-state index < -0.39 is 0 Å². The van der Waals surface area contributed by atoms with Crippen molar-refractivity contribution in [2.45, 2.75) is 19.9 Å². The summed E-state index contributed by atoms with van der Waals surface area (Å²) < 4.78 is 2.06. The molecule has 1 heterocycles. The van der Waals surface area contributed by atoms with Gasteiger partial charge < -0.3 is 5.32 Å². The van der Waals surface area contributed by atoms with Crippen LogP contribution in [0.5, 0.6) is 0 Å². The molecule has 0 aliphatic heterocycles. The number of halogens is 1. The number of carbonyl (C=O) groups excluding carboxylic acids is 1. The van der Waals surface area contributed by atoms with Crippen LogP contribution in [0.4, 0.5) is 5.69 Å². The van der Waals surface area contributed by atoms with E-state index in [1.54, 1.807) is 11.3 Å². The van der Waals surface area contributed by atoms with Crippen LogP contribution in [0.3, 0.4) is 0 Å². The molecule has 0 saturated carbocycles. The first kappa shape index (κ1) is 18.0. The number of rotatable bonds is 5. The highest BCUT2D eigenvalue weighted by Gasteiger charge is 2.19. The second kappa shape index (κ2) is 7.64. The minimum Gasteiger partial charge on any atom is -0.324 e. The normalized spacial score (nSPS) is 12.5. The average molecular weight is 418 g/mol. The van der Waals surface area contributed by atoms with Gasteiger partial charge in [-0.15, -0.1) is 11.3 Å². The Balaban J connectivity index is 1.66. The van der Waals surface area contributed by atoms with E-state index in [1.165, 1.54) is 4.70 Å². The number of hydrogen-bond acceptors (Lipinski definition) is 4. The van der Waals surface area contributed by atoms with Gasteiger partial charge >= 0.3 is 0 Å². The Hall–Kier alpha value is -1.76. The molecule has 0 aliphatic carbocycles. The molecule has 0 fully saturated rings. The van der Waals surface area contributed by atoms with Gasteiger partial charge in [0.15, 0.2) is 0 Å². The first-order valence-corrected chi connectivity index (χ1v) is 9.66. The van der Waals surface area contributed by atoms with Gasteiger partial charge in [0.25, 0.3) is 0 Å². The lowest BCUT2D eigenvalue weighted by molar-refractivity contribution is -0.117. The number of hydrogen-bond donors (Lipinski definition) is 1. The van der Waals surface area contributed by atoms with Crippen molar-refractivity contribution in [1.82, 2.24) is 9.88 Å². The van der Waals surface area contributed by atoms with E-state index in [1.807, 2.05) is 55.3 Å². The lowest BCUT2D eigenvalue weighted by Crippen LogP contribution is -2.32. The Morgan fingerprint density at radius 2 is 2.08 bits per heavy atom. The first-order chi connectivity index (χ1) is 11.9. The third-order valence-electron chi connectivity index (χ3n) is 4.12. The third-order valence-corrected chi connectivity index (χ3v) is 5.98. The van der Waals surface area contributed by atoms with E-state index in [0.717, 1.165) is 26.2 Å². The molecule has 6 heteroatoms. The number of aryl methyl sites for hydroxylation is 1. The summed E-state index contributed by atoms with van der Waals surface area (Å²) in [6, 6.07) is 14.1. The molecule has 0 unspecified atom stereocenters. The molecule has 1 amide bonds. The highest BCUT2D eigenvalue weighted by Crippen LogP contribution is 2.29. The lowest BCUT2D eigenvalue weighted by atomic mass is 10.2. The van der Waals surface area contributed by atoms with Crippen LogP contribution in [0.15, 0.2) is 46.9 Å². The molecule has 0 radical (unpaired) electrons. The Kier molecular flexibility index (Phi) is 5.51. The second-order valence-corrected chi connectivity index (χ2v) is 8.06. The van der Waals surface area contributed by atoms with Gasteiger partial charge in [0.2, 0.25) is 5.91 Å². The summed E-state index contributed by atoms with van der Waals surface area (Å²) in [6.45, 7) is 4.40. The quantitative estimate of drug-likeness (QED) is 0.635. The van der Waals surface area contributed by atoms with Gasteiger partial charge in [-0.05, 0) is 66.7 Å². The molecule has 25 heavy (non-hydrogen) atoms. The smallest absolute Gasteiger partial charge is 0.238 e. The highest BCUT2D eigenvalue weighted by atomic mass is 79.9. The van der Waals surface area contributed by atoms with Crippen molar-refractivity contribution >= 4 is 49.1 Å². The average Bonchev–Trinajstić information content (AvgIpc) is 3.00. The largest absolute Gasteiger partial charge is 0.324 e. The van der Waals surface area contributed by atoms with E-state index in [0.29, 0.717) is 6.54 Å². The number of benzene rings is 2. The number of aromatic nitrogens is 1. The number of thiazole rings is 1. The van der Waals surface area contributed by atoms with Gasteiger partial charge in [-0.2, -0.15) is 0 Å². The molecule has 1 aromatic heterocycles. The molecule has 1 atom stereocenters. The predicted octanol–water partition coefficient (Wildman–Crippen LogP) is 5.00. The van der Waals surface area contributed by atoms with Crippen LogP contribution in [0.25, 0.3) is 10.2 Å². The second-order valence-electron chi connectivity index (χ2n) is 6.14. The minimum absolute atomic E-state index is 0.0417. The molecule has 1 N–H and O–H groups in total. The summed E-state index contributed by atoms with van der Waals surface area (Å²) in [5.74, 6) is -0.0417. The predicted molar refractivity (Wildman–Crippen MR) is 108 cm³/mol. The maximum absolute atomic E-state index is 12.4. The third kappa shape index (κ3) is 4.26. The van der Waals surface area contributed by atoms with Gasteiger partial charge in [-0.25, -0.2) is 4.98 Å². The van der Waals surface area contributed by atoms with Crippen LogP contribution in [-0.4, -0.2) is 29.4 Å². The van der Waals surface area contributed by atoms with Crippen LogP contribution < -0.4 is 5.32 Å². The Morgan fingerprint density at radius 3 is 2.80 bits per heavy atom. The number of anilines is 1. The van der Waals surface area contributed by atoms with Crippen LogP contribution in [-0.2, 0) is 4.79 Å². The fourth-order valence-corrected chi connectivity index (χ4v) is 4.21. The van der Waals surface area contributed by atoms with Crippen LogP contribution in [0.2, 0.25) is 0 Å². The van der Waals surface area contributed by atoms with Gasteiger partial charge in [0.1, 0.15) is 5.01 Å². The van der Waals surface area contributed by atoms with E-state index >= 15 is 0 Å². The van der Waals surface area contributed by atoms with Crippen LogP contribution in [0, 0.1) is 6.92 Å². The summed E-state index contributed by atoms with van der Waals surface area (Å²) in [5.41, 5.74) is 2.94. The molecule has 0 aliphatic rings. The Labute approximate surface area is 160 Å². The van der Waals surface area contributed by atoms with Crippen molar-refractivity contribution in [2.75, 3.05) is 18.9 Å². The number of carbonyl (C=O) groups is 1. The number of para-hydroxylation sites is 1. The number of nitrogens with one attached hydrogen (secondary N) is 1. The highest BCUT2D eigenvalue weighted by molar-refractivity contribution is 9.10. The molecule has 0 spiro atoms. The molecule has 3 aromatic rings. The number of nitrogens with zero attached hydrogens (tertiary/aromatic N) is 2.